The van der Waals surface area contributed by atoms with Crippen LogP contribution in [-0.2, 0) is 24.1 Å². The van der Waals surface area contributed by atoms with Crippen molar-refractivity contribution in [2.24, 2.45) is 0 Å². The number of nitrogens with zero attached hydrogens (tertiary/aromatic N) is 1. The molecule has 0 saturated carbocycles. The monoisotopic (exact) mass is 280 g/mol. The number of hydrogen-bond acceptors (Lipinski definition) is 2. The average molecular weight is 281 g/mol. The van der Waals surface area contributed by atoms with Crippen molar-refractivity contribution in [2.75, 3.05) is 26.2 Å². The highest BCUT2D eigenvalue weighted by molar-refractivity contribution is 5.85. The summed E-state index contributed by atoms with van der Waals surface area (Å²) in [6, 6.07) is 6.58. The zero-order chi connectivity index (χ0) is 12.4. The van der Waals surface area contributed by atoms with Gasteiger partial charge in [-0.05, 0) is 36.0 Å². The molecule has 0 aromatic heterocycles. The van der Waals surface area contributed by atoms with E-state index in [9.17, 15) is 4.79 Å². The number of nitrogens with one attached hydrogen (secondary N) is 1. The second kappa shape index (κ2) is 6.40. The van der Waals surface area contributed by atoms with Crippen molar-refractivity contribution in [3.8, 4) is 0 Å². The summed E-state index contributed by atoms with van der Waals surface area (Å²) in [6.07, 6.45) is 4.23. The lowest BCUT2D eigenvalue weighted by atomic mass is 10.0. The van der Waals surface area contributed by atoms with E-state index in [0.717, 1.165) is 26.2 Å². The highest BCUT2D eigenvalue weighted by Crippen LogP contribution is 2.23. The van der Waals surface area contributed by atoms with Crippen LogP contribution in [0, 0.1) is 0 Å². The summed E-state index contributed by atoms with van der Waals surface area (Å²) >= 11 is 0. The Morgan fingerprint density at radius 3 is 2.68 bits per heavy atom. The molecule has 1 fully saturated rings. The van der Waals surface area contributed by atoms with Gasteiger partial charge in [-0.3, -0.25) is 4.79 Å². The first kappa shape index (κ1) is 14.4. The van der Waals surface area contributed by atoms with Crippen LogP contribution in [0.15, 0.2) is 18.2 Å². The van der Waals surface area contributed by atoms with Gasteiger partial charge in [-0.1, -0.05) is 18.2 Å². The third-order valence-corrected chi connectivity index (χ3v) is 3.99. The normalized spacial score (nSPS) is 17.8. The maximum atomic E-state index is 12.2. The van der Waals surface area contributed by atoms with Crippen LogP contribution in [0.1, 0.15) is 23.1 Å². The number of rotatable bonds is 2. The van der Waals surface area contributed by atoms with Crippen LogP contribution in [-0.4, -0.2) is 37.0 Å². The van der Waals surface area contributed by atoms with Crippen molar-refractivity contribution in [2.45, 2.75) is 25.7 Å². The molecule has 0 atom stereocenters. The summed E-state index contributed by atoms with van der Waals surface area (Å²) in [4.78, 5) is 14.1. The van der Waals surface area contributed by atoms with Crippen LogP contribution < -0.4 is 5.32 Å². The summed E-state index contributed by atoms with van der Waals surface area (Å²) < 4.78 is 0. The summed E-state index contributed by atoms with van der Waals surface area (Å²) in [5, 5.41) is 3.27. The lowest BCUT2D eigenvalue weighted by Gasteiger charge is -2.27. The molecule has 1 aliphatic carbocycles. The Morgan fingerprint density at radius 1 is 1.16 bits per heavy atom. The number of halogens is 1. The van der Waals surface area contributed by atoms with E-state index < -0.39 is 0 Å². The Balaban J connectivity index is 0.00000133. The van der Waals surface area contributed by atoms with Crippen LogP contribution in [0.4, 0.5) is 0 Å². The third kappa shape index (κ3) is 3.28. The van der Waals surface area contributed by atoms with Crippen molar-refractivity contribution in [3.63, 3.8) is 0 Å². The zero-order valence-electron chi connectivity index (χ0n) is 11.2. The van der Waals surface area contributed by atoms with Crippen LogP contribution in [0.2, 0.25) is 0 Å². The first-order valence-electron chi connectivity index (χ1n) is 6.92. The number of carbonyl (C=O) groups is 1. The SMILES string of the molecule is Cl.O=C(Cc1ccc2c(c1)CCC2)N1CCNCC1. The van der Waals surface area contributed by atoms with Gasteiger partial charge in [0.1, 0.15) is 0 Å². The van der Waals surface area contributed by atoms with Gasteiger partial charge in [0.15, 0.2) is 0 Å². The van der Waals surface area contributed by atoms with Crippen LogP contribution >= 0.6 is 12.4 Å². The number of amides is 1. The zero-order valence-corrected chi connectivity index (χ0v) is 12.0. The second-order valence-electron chi connectivity index (χ2n) is 5.26. The molecule has 1 saturated heterocycles. The van der Waals surface area contributed by atoms with Gasteiger partial charge in [-0.25, -0.2) is 0 Å². The van der Waals surface area contributed by atoms with Gasteiger partial charge in [0.05, 0.1) is 6.42 Å². The fourth-order valence-electron chi connectivity index (χ4n) is 2.94. The van der Waals surface area contributed by atoms with Crippen molar-refractivity contribution in [1.82, 2.24) is 10.2 Å². The summed E-state index contributed by atoms with van der Waals surface area (Å²) in [5.74, 6) is 0.273. The molecule has 0 spiro atoms. The number of aryl methyl sites for hydroxylation is 2. The maximum Gasteiger partial charge on any atom is 0.227 e. The molecule has 4 heteroatoms. The van der Waals surface area contributed by atoms with Gasteiger partial charge < -0.3 is 10.2 Å². The molecule has 1 N–H and O–H groups in total. The van der Waals surface area contributed by atoms with Gasteiger partial charge in [-0.2, -0.15) is 0 Å². The van der Waals surface area contributed by atoms with Gasteiger partial charge in [0, 0.05) is 26.2 Å². The Labute approximate surface area is 120 Å². The molecule has 3 rings (SSSR count). The van der Waals surface area contributed by atoms with E-state index in [1.807, 2.05) is 4.90 Å². The predicted molar refractivity (Wildman–Crippen MR) is 78.9 cm³/mol. The molecule has 0 bridgehead atoms. The topological polar surface area (TPSA) is 32.3 Å². The standard InChI is InChI=1S/C15H20N2O.ClH/c18-15(17-8-6-16-7-9-17)11-12-4-5-13-2-1-3-14(13)10-12;/h4-5,10,16H,1-3,6-9,11H2;1H. The first-order valence-corrected chi connectivity index (χ1v) is 6.92. The molecule has 0 radical (unpaired) electrons. The fourth-order valence-corrected chi connectivity index (χ4v) is 2.94. The van der Waals surface area contributed by atoms with Crippen LogP contribution in [0.25, 0.3) is 0 Å². The van der Waals surface area contributed by atoms with Gasteiger partial charge in [-0.15, -0.1) is 12.4 Å². The van der Waals surface area contributed by atoms with Gasteiger partial charge in [0.25, 0.3) is 0 Å². The lowest BCUT2D eigenvalue weighted by molar-refractivity contribution is -0.131. The number of hydrogen-bond donors (Lipinski definition) is 1. The molecule has 19 heavy (non-hydrogen) atoms. The molecule has 1 aromatic carbocycles. The minimum atomic E-state index is 0. The van der Waals surface area contributed by atoms with Gasteiger partial charge in [0.2, 0.25) is 5.91 Å². The van der Waals surface area contributed by atoms with E-state index in [2.05, 4.69) is 23.5 Å². The Morgan fingerprint density at radius 2 is 1.89 bits per heavy atom. The first-order chi connectivity index (χ1) is 8.83. The van der Waals surface area contributed by atoms with Crippen molar-refractivity contribution < 1.29 is 4.79 Å². The molecule has 1 aromatic rings. The molecule has 1 amide bonds. The quantitative estimate of drug-likeness (QED) is 0.892. The fraction of sp³-hybridized carbons (Fsp3) is 0.533. The van der Waals surface area contributed by atoms with E-state index in [-0.39, 0.29) is 18.3 Å². The highest BCUT2D eigenvalue weighted by Gasteiger charge is 2.17. The van der Waals surface area contributed by atoms with Crippen LogP contribution in [0.3, 0.4) is 0 Å². The largest absolute Gasteiger partial charge is 0.340 e. The van der Waals surface area contributed by atoms with E-state index in [1.165, 1.54) is 36.0 Å². The van der Waals surface area contributed by atoms with E-state index in [1.54, 1.807) is 0 Å². The van der Waals surface area contributed by atoms with Crippen molar-refractivity contribution in [3.05, 3.63) is 34.9 Å². The van der Waals surface area contributed by atoms with Crippen molar-refractivity contribution >= 4 is 18.3 Å². The summed E-state index contributed by atoms with van der Waals surface area (Å²) in [5.41, 5.74) is 4.12. The maximum absolute atomic E-state index is 12.2. The lowest BCUT2D eigenvalue weighted by Crippen LogP contribution is -2.46. The van der Waals surface area contributed by atoms with E-state index >= 15 is 0 Å². The minimum Gasteiger partial charge on any atom is -0.340 e. The number of fused-ring (bicyclic) bond motifs is 1. The molecule has 104 valence electrons. The molecule has 2 aliphatic rings. The molecule has 3 nitrogen and oxygen atoms in total. The minimum absolute atomic E-state index is 0. The predicted octanol–water partition coefficient (Wildman–Crippen LogP) is 1.57. The van der Waals surface area contributed by atoms with E-state index in [0.29, 0.717) is 6.42 Å². The number of carbonyl (C=O) groups excluding carboxylic acids is 1. The highest BCUT2D eigenvalue weighted by atomic mass is 35.5. The van der Waals surface area contributed by atoms with E-state index in [4.69, 9.17) is 0 Å². The molecule has 1 heterocycles. The Kier molecular flexibility index (Phi) is 4.83. The Bertz CT molecular complexity index is 455. The third-order valence-electron chi connectivity index (χ3n) is 3.99. The number of piperazine rings is 1. The smallest absolute Gasteiger partial charge is 0.227 e. The summed E-state index contributed by atoms with van der Waals surface area (Å²) in [6.45, 7) is 3.55. The van der Waals surface area contributed by atoms with Gasteiger partial charge >= 0.3 is 0 Å². The molecule has 0 unspecified atom stereocenters. The van der Waals surface area contributed by atoms with Crippen molar-refractivity contribution in [1.29, 1.82) is 0 Å². The average Bonchev–Trinajstić information content (AvgIpc) is 2.87. The van der Waals surface area contributed by atoms with Crippen LogP contribution in [0.5, 0.6) is 0 Å². The second-order valence-corrected chi connectivity index (χ2v) is 5.26. The summed E-state index contributed by atoms with van der Waals surface area (Å²) in [7, 11) is 0. The number of benzene rings is 1. The Hall–Kier alpha value is -1.06. The molecule has 1 aliphatic heterocycles. The molecular weight excluding hydrogens is 260 g/mol. The molecular formula is C15H21ClN2O.